The normalized spacial score (nSPS) is 22.5. The molecular weight excluding hydrogens is 340 g/mol. The molecule has 140 valence electrons. The number of benzene rings is 1. The highest BCUT2D eigenvalue weighted by Gasteiger charge is 2.37. The third-order valence-corrected chi connectivity index (χ3v) is 5.87. The fraction of sp³-hybridized carbons (Fsp3) is 0.476. The molecule has 1 amide bonds. The van der Waals surface area contributed by atoms with Gasteiger partial charge in [0.05, 0.1) is 17.3 Å². The Labute approximate surface area is 159 Å². The van der Waals surface area contributed by atoms with Gasteiger partial charge in [-0.05, 0) is 56.9 Å². The Morgan fingerprint density at radius 2 is 2.00 bits per heavy atom. The van der Waals surface area contributed by atoms with Crippen LogP contribution in [0.3, 0.4) is 0 Å². The Kier molecular flexibility index (Phi) is 4.71. The molecule has 0 N–H and O–H groups in total. The highest BCUT2D eigenvalue weighted by Crippen LogP contribution is 2.30. The fourth-order valence-electron chi connectivity index (χ4n) is 4.36. The zero-order valence-corrected chi connectivity index (χ0v) is 15.8. The Balaban J connectivity index is 1.51. The van der Waals surface area contributed by atoms with Gasteiger partial charge in [0.2, 0.25) is 0 Å². The number of carbonyl (C=O) groups is 1. The van der Waals surface area contributed by atoms with Crippen molar-refractivity contribution >= 4 is 5.91 Å². The minimum atomic E-state index is 0.0772. The summed E-state index contributed by atoms with van der Waals surface area (Å²) < 4.78 is 5.31. The monoisotopic (exact) mass is 364 g/mol. The van der Waals surface area contributed by atoms with Gasteiger partial charge in [-0.25, -0.2) is 0 Å². The second-order valence-electron chi connectivity index (χ2n) is 7.74. The van der Waals surface area contributed by atoms with Crippen LogP contribution < -0.4 is 0 Å². The number of aromatic nitrogens is 1. The van der Waals surface area contributed by atoms with Gasteiger partial charge in [-0.2, -0.15) is 5.26 Å². The number of hydrogen-bond acceptors (Lipinski definition) is 5. The summed E-state index contributed by atoms with van der Waals surface area (Å²) in [6.45, 7) is 7.45. The van der Waals surface area contributed by atoms with E-state index in [0.717, 1.165) is 44.1 Å². The van der Waals surface area contributed by atoms with Gasteiger partial charge in [-0.1, -0.05) is 5.16 Å². The van der Waals surface area contributed by atoms with E-state index >= 15 is 0 Å². The van der Waals surface area contributed by atoms with Crippen LogP contribution >= 0.6 is 0 Å². The van der Waals surface area contributed by atoms with Gasteiger partial charge >= 0.3 is 0 Å². The topological polar surface area (TPSA) is 73.4 Å². The van der Waals surface area contributed by atoms with Crippen molar-refractivity contribution in [2.45, 2.75) is 39.3 Å². The molecule has 4 heterocycles. The number of nitrogens with zero attached hydrogens (tertiary/aromatic N) is 4. The minimum Gasteiger partial charge on any atom is -0.361 e. The quantitative estimate of drug-likeness (QED) is 0.837. The molecule has 3 saturated heterocycles. The zero-order chi connectivity index (χ0) is 19.0. The molecule has 5 rings (SSSR count). The van der Waals surface area contributed by atoms with Crippen molar-refractivity contribution in [1.29, 1.82) is 5.26 Å². The summed E-state index contributed by atoms with van der Waals surface area (Å²) >= 11 is 0. The van der Waals surface area contributed by atoms with Gasteiger partial charge in [-0.3, -0.25) is 9.69 Å². The molecule has 27 heavy (non-hydrogen) atoms. The number of amides is 1. The second kappa shape index (κ2) is 7.16. The molecule has 0 spiro atoms. The number of fused-ring (bicyclic) bond motifs is 4. The Morgan fingerprint density at radius 1 is 1.22 bits per heavy atom. The summed E-state index contributed by atoms with van der Waals surface area (Å²) in [4.78, 5) is 17.6. The molecule has 1 aromatic heterocycles. The molecule has 6 heteroatoms. The highest BCUT2D eigenvalue weighted by atomic mass is 16.5. The Bertz CT molecular complexity index is 861. The van der Waals surface area contributed by atoms with E-state index in [0.29, 0.717) is 17.0 Å². The number of hydrogen-bond donors (Lipinski definition) is 0. The van der Waals surface area contributed by atoms with Gasteiger partial charge in [0, 0.05) is 43.3 Å². The van der Waals surface area contributed by atoms with E-state index in [1.807, 2.05) is 18.7 Å². The molecule has 6 nitrogen and oxygen atoms in total. The number of piperidine rings is 1. The van der Waals surface area contributed by atoms with Gasteiger partial charge in [0.25, 0.3) is 5.91 Å². The lowest BCUT2D eigenvalue weighted by Gasteiger charge is -2.36. The average molecular weight is 364 g/mol. The zero-order valence-electron chi connectivity index (χ0n) is 15.8. The van der Waals surface area contributed by atoms with E-state index < -0.39 is 0 Å². The van der Waals surface area contributed by atoms with Crippen molar-refractivity contribution in [3.63, 3.8) is 0 Å². The van der Waals surface area contributed by atoms with E-state index in [9.17, 15) is 4.79 Å². The number of aryl methyl sites for hydroxylation is 2. The predicted octanol–water partition coefficient (Wildman–Crippen LogP) is 2.90. The lowest BCUT2D eigenvalue weighted by Crippen LogP contribution is -2.47. The van der Waals surface area contributed by atoms with Crippen molar-refractivity contribution < 1.29 is 9.32 Å². The van der Waals surface area contributed by atoms with Crippen molar-refractivity contribution in [2.24, 2.45) is 5.92 Å². The second-order valence-corrected chi connectivity index (χ2v) is 7.74. The minimum absolute atomic E-state index is 0.0772. The number of nitriles is 1. The highest BCUT2D eigenvalue weighted by molar-refractivity contribution is 5.94. The molecule has 2 bridgehead atoms. The van der Waals surface area contributed by atoms with Crippen LogP contribution in [-0.4, -0.2) is 46.5 Å². The van der Waals surface area contributed by atoms with Crippen LogP contribution in [0.25, 0.3) is 0 Å². The third-order valence-electron chi connectivity index (χ3n) is 5.87. The number of carbonyl (C=O) groups excluding carboxylic acids is 1. The summed E-state index contributed by atoms with van der Waals surface area (Å²) in [5, 5.41) is 13.0. The molecule has 0 radical (unpaired) electrons. The third kappa shape index (κ3) is 3.47. The maximum absolute atomic E-state index is 13.1. The van der Waals surface area contributed by atoms with Crippen LogP contribution in [0.2, 0.25) is 0 Å². The van der Waals surface area contributed by atoms with E-state index in [1.54, 1.807) is 24.3 Å². The fourth-order valence-corrected chi connectivity index (χ4v) is 4.36. The molecule has 2 aromatic rings. The van der Waals surface area contributed by atoms with E-state index in [1.165, 1.54) is 12.0 Å². The van der Waals surface area contributed by atoms with Crippen molar-refractivity contribution in [2.75, 3.05) is 19.6 Å². The summed E-state index contributed by atoms with van der Waals surface area (Å²) in [5.74, 6) is 1.45. The number of rotatable bonds is 3. The van der Waals surface area contributed by atoms with Crippen molar-refractivity contribution in [3.8, 4) is 6.07 Å². The average Bonchev–Trinajstić information content (AvgIpc) is 2.86. The summed E-state index contributed by atoms with van der Waals surface area (Å²) in [6, 6.07) is 9.29. The molecular formula is C21H24N4O2. The van der Waals surface area contributed by atoms with Crippen LogP contribution in [0.15, 0.2) is 28.8 Å². The molecule has 0 aliphatic carbocycles. The van der Waals surface area contributed by atoms with E-state index in [2.05, 4.69) is 16.1 Å². The smallest absolute Gasteiger partial charge is 0.254 e. The first kappa shape index (κ1) is 17.7. The Hall–Kier alpha value is -2.65. The molecule has 0 saturated carbocycles. The Morgan fingerprint density at radius 3 is 2.67 bits per heavy atom. The van der Waals surface area contributed by atoms with Crippen LogP contribution in [0.1, 0.15) is 45.8 Å². The van der Waals surface area contributed by atoms with Crippen molar-refractivity contribution in [3.05, 3.63) is 52.4 Å². The van der Waals surface area contributed by atoms with Gasteiger partial charge < -0.3 is 9.42 Å². The van der Waals surface area contributed by atoms with E-state index in [4.69, 9.17) is 9.78 Å². The van der Waals surface area contributed by atoms with Crippen LogP contribution in [0.5, 0.6) is 0 Å². The first-order valence-corrected chi connectivity index (χ1v) is 9.50. The largest absolute Gasteiger partial charge is 0.361 e. The summed E-state index contributed by atoms with van der Waals surface area (Å²) in [5.41, 5.74) is 3.37. The molecule has 3 aliphatic heterocycles. The van der Waals surface area contributed by atoms with Gasteiger partial charge in [0.15, 0.2) is 0 Å². The van der Waals surface area contributed by atoms with E-state index in [-0.39, 0.29) is 11.9 Å². The SMILES string of the molecule is Cc1noc(C)c1CN1C[C@@H]2CC[C@H](C1)N(C(=O)c1ccc(C#N)cc1)C2. The van der Waals surface area contributed by atoms with Crippen LogP contribution in [-0.2, 0) is 6.54 Å². The first-order chi connectivity index (χ1) is 13.0. The molecule has 0 unspecified atom stereocenters. The van der Waals surface area contributed by atoms with Crippen LogP contribution in [0.4, 0.5) is 0 Å². The summed E-state index contributed by atoms with van der Waals surface area (Å²) in [6.07, 6.45) is 2.21. The molecule has 3 aliphatic rings. The predicted molar refractivity (Wildman–Crippen MR) is 100.0 cm³/mol. The molecule has 2 atom stereocenters. The van der Waals surface area contributed by atoms with Gasteiger partial charge in [0.1, 0.15) is 5.76 Å². The van der Waals surface area contributed by atoms with Gasteiger partial charge in [-0.15, -0.1) is 0 Å². The molecule has 3 fully saturated rings. The lowest BCUT2D eigenvalue weighted by molar-refractivity contribution is 0.0585. The first-order valence-electron chi connectivity index (χ1n) is 9.50. The lowest BCUT2D eigenvalue weighted by atomic mass is 9.94. The van der Waals surface area contributed by atoms with Crippen LogP contribution in [0, 0.1) is 31.1 Å². The maximum atomic E-state index is 13.1. The molecule has 1 aromatic carbocycles. The maximum Gasteiger partial charge on any atom is 0.254 e. The standard InChI is InChI=1S/C21H24N4O2/c1-14-20(15(2)27-23-14)13-24-10-17-5-8-19(12-24)25(11-17)21(26)18-6-3-16(9-22)4-7-18/h3-4,6-7,17,19H,5,8,10-13H2,1-2H3/t17-,19+/m0/s1. The summed E-state index contributed by atoms with van der Waals surface area (Å²) in [7, 11) is 0. The van der Waals surface area contributed by atoms with Crippen molar-refractivity contribution in [1.82, 2.24) is 15.0 Å².